The van der Waals surface area contributed by atoms with Gasteiger partial charge in [-0.1, -0.05) is 6.92 Å². The Bertz CT molecular complexity index is 597. The molecule has 0 aliphatic rings. The van der Waals surface area contributed by atoms with Crippen LogP contribution in [0, 0.1) is 17.0 Å². The molecule has 2 aromatic heterocycles. The van der Waals surface area contributed by atoms with E-state index in [0.29, 0.717) is 12.2 Å². The van der Waals surface area contributed by atoms with E-state index in [1.165, 1.54) is 17.7 Å². The standard InChI is InChI=1S/C12H14N4O2S/c1-3-6-13-12-11(16(17)18)10(14-7-15-12)9-5-4-8(2)19-9/h4-5,7H,3,6H2,1-2H3,(H,13,14,15). The fourth-order valence-electron chi connectivity index (χ4n) is 1.67. The van der Waals surface area contributed by atoms with Crippen molar-refractivity contribution < 1.29 is 4.92 Å². The molecule has 0 saturated heterocycles. The molecule has 1 N–H and O–H groups in total. The highest BCUT2D eigenvalue weighted by atomic mass is 32.1. The van der Waals surface area contributed by atoms with Gasteiger partial charge >= 0.3 is 5.69 Å². The maximum atomic E-state index is 11.3. The predicted molar refractivity (Wildman–Crippen MR) is 75.5 cm³/mol. The van der Waals surface area contributed by atoms with Crippen LogP contribution in [-0.4, -0.2) is 21.4 Å². The first kappa shape index (κ1) is 13.4. The van der Waals surface area contributed by atoms with E-state index in [1.54, 1.807) is 0 Å². The van der Waals surface area contributed by atoms with Gasteiger partial charge in [-0.3, -0.25) is 10.1 Å². The van der Waals surface area contributed by atoms with Gasteiger partial charge in [-0.2, -0.15) is 0 Å². The smallest absolute Gasteiger partial charge is 0.338 e. The molecule has 0 aliphatic carbocycles. The molecule has 0 fully saturated rings. The van der Waals surface area contributed by atoms with Gasteiger partial charge < -0.3 is 5.32 Å². The number of nitro groups is 1. The van der Waals surface area contributed by atoms with Crippen molar-refractivity contribution in [3.63, 3.8) is 0 Å². The van der Waals surface area contributed by atoms with Gasteiger partial charge in [-0.05, 0) is 25.5 Å². The maximum absolute atomic E-state index is 11.3. The molecule has 0 aromatic carbocycles. The average Bonchev–Trinajstić information content (AvgIpc) is 2.82. The molecule has 0 atom stereocenters. The molecular weight excluding hydrogens is 264 g/mol. The summed E-state index contributed by atoms with van der Waals surface area (Å²) >= 11 is 1.48. The van der Waals surface area contributed by atoms with Crippen LogP contribution in [0.2, 0.25) is 0 Å². The van der Waals surface area contributed by atoms with Gasteiger partial charge in [0.2, 0.25) is 5.82 Å². The number of nitrogens with one attached hydrogen (secondary N) is 1. The first-order valence-corrected chi connectivity index (χ1v) is 6.75. The number of anilines is 1. The van der Waals surface area contributed by atoms with E-state index in [2.05, 4.69) is 15.3 Å². The quantitative estimate of drug-likeness (QED) is 0.670. The second-order valence-electron chi connectivity index (χ2n) is 4.01. The molecule has 6 nitrogen and oxygen atoms in total. The Kier molecular flexibility index (Phi) is 4.06. The van der Waals surface area contributed by atoms with Crippen molar-refractivity contribution in [2.24, 2.45) is 0 Å². The lowest BCUT2D eigenvalue weighted by atomic mass is 10.2. The van der Waals surface area contributed by atoms with Gasteiger partial charge in [0, 0.05) is 11.4 Å². The minimum Gasteiger partial charge on any atom is -0.364 e. The highest BCUT2D eigenvalue weighted by molar-refractivity contribution is 7.15. The third-order valence-corrected chi connectivity index (χ3v) is 3.53. The van der Waals surface area contributed by atoms with Crippen LogP contribution in [0.3, 0.4) is 0 Å². The minimum atomic E-state index is -0.428. The zero-order valence-electron chi connectivity index (χ0n) is 10.7. The summed E-state index contributed by atoms with van der Waals surface area (Å²) in [6.45, 7) is 4.59. The lowest BCUT2D eigenvalue weighted by Crippen LogP contribution is -2.07. The minimum absolute atomic E-state index is 0.0576. The van der Waals surface area contributed by atoms with E-state index in [-0.39, 0.29) is 11.5 Å². The van der Waals surface area contributed by atoms with Crippen LogP contribution >= 0.6 is 11.3 Å². The lowest BCUT2D eigenvalue weighted by Gasteiger charge is -2.06. The normalized spacial score (nSPS) is 10.4. The van der Waals surface area contributed by atoms with E-state index in [4.69, 9.17) is 0 Å². The Morgan fingerprint density at radius 2 is 2.21 bits per heavy atom. The SMILES string of the molecule is CCCNc1ncnc(-c2ccc(C)s2)c1[N+](=O)[O-]. The summed E-state index contributed by atoms with van der Waals surface area (Å²) in [4.78, 5) is 20.8. The van der Waals surface area contributed by atoms with Crippen LogP contribution in [-0.2, 0) is 0 Å². The largest absolute Gasteiger partial charge is 0.364 e. The Morgan fingerprint density at radius 1 is 1.42 bits per heavy atom. The Morgan fingerprint density at radius 3 is 2.79 bits per heavy atom. The molecule has 100 valence electrons. The van der Waals surface area contributed by atoms with Gasteiger partial charge in [0.05, 0.1) is 9.80 Å². The Balaban J connectivity index is 2.51. The van der Waals surface area contributed by atoms with Crippen molar-refractivity contribution in [1.82, 2.24) is 9.97 Å². The highest BCUT2D eigenvalue weighted by Crippen LogP contribution is 2.36. The lowest BCUT2D eigenvalue weighted by molar-refractivity contribution is -0.383. The third kappa shape index (κ3) is 2.87. The zero-order chi connectivity index (χ0) is 13.8. The van der Waals surface area contributed by atoms with E-state index >= 15 is 0 Å². The predicted octanol–water partition coefficient (Wildman–Crippen LogP) is 3.24. The topological polar surface area (TPSA) is 81.0 Å². The van der Waals surface area contributed by atoms with Crippen molar-refractivity contribution in [2.75, 3.05) is 11.9 Å². The Hall–Kier alpha value is -2.02. The average molecular weight is 278 g/mol. The van der Waals surface area contributed by atoms with Crippen LogP contribution < -0.4 is 5.32 Å². The molecule has 2 aromatic rings. The molecular formula is C12H14N4O2S. The molecule has 0 radical (unpaired) electrons. The van der Waals surface area contributed by atoms with Gasteiger partial charge in [0.25, 0.3) is 0 Å². The summed E-state index contributed by atoms with van der Waals surface area (Å²) in [7, 11) is 0. The van der Waals surface area contributed by atoms with Gasteiger partial charge in [-0.15, -0.1) is 11.3 Å². The molecule has 2 heterocycles. The second-order valence-corrected chi connectivity index (χ2v) is 5.30. The molecule has 0 saturated carbocycles. The number of hydrogen-bond donors (Lipinski definition) is 1. The van der Waals surface area contributed by atoms with Crippen molar-refractivity contribution in [3.8, 4) is 10.6 Å². The summed E-state index contributed by atoms with van der Waals surface area (Å²) in [6.07, 6.45) is 2.23. The van der Waals surface area contributed by atoms with E-state index < -0.39 is 4.92 Å². The van der Waals surface area contributed by atoms with E-state index in [9.17, 15) is 10.1 Å². The maximum Gasteiger partial charge on any atom is 0.338 e. The zero-order valence-corrected chi connectivity index (χ0v) is 11.5. The number of nitrogens with zero attached hydrogens (tertiary/aromatic N) is 3. The van der Waals surface area contributed by atoms with Gasteiger partial charge in [-0.25, -0.2) is 9.97 Å². The monoisotopic (exact) mass is 278 g/mol. The number of thiophene rings is 1. The fourth-order valence-corrected chi connectivity index (χ4v) is 2.53. The van der Waals surface area contributed by atoms with Crippen LogP contribution in [0.5, 0.6) is 0 Å². The van der Waals surface area contributed by atoms with Crippen molar-refractivity contribution in [2.45, 2.75) is 20.3 Å². The summed E-state index contributed by atoms with van der Waals surface area (Å²) in [6, 6.07) is 3.77. The highest BCUT2D eigenvalue weighted by Gasteiger charge is 2.24. The number of aryl methyl sites for hydroxylation is 1. The molecule has 0 aliphatic heterocycles. The third-order valence-electron chi connectivity index (χ3n) is 2.52. The van der Waals surface area contributed by atoms with Gasteiger partial charge in [0.15, 0.2) is 5.69 Å². The van der Waals surface area contributed by atoms with Crippen LogP contribution in [0.4, 0.5) is 11.5 Å². The van der Waals surface area contributed by atoms with Crippen molar-refractivity contribution >= 4 is 22.8 Å². The van der Waals surface area contributed by atoms with Crippen LogP contribution in [0.15, 0.2) is 18.5 Å². The summed E-state index contributed by atoms with van der Waals surface area (Å²) in [5.74, 6) is 0.280. The van der Waals surface area contributed by atoms with Crippen molar-refractivity contribution in [1.29, 1.82) is 0 Å². The summed E-state index contributed by atoms with van der Waals surface area (Å²) < 4.78 is 0. The van der Waals surface area contributed by atoms with Crippen LogP contribution in [0.25, 0.3) is 10.6 Å². The number of rotatable bonds is 5. The Labute approximate surface area is 114 Å². The summed E-state index contributed by atoms with van der Waals surface area (Å²) in [5, 5.41) is 14.2. The van der Waals surface area contributed by atoms with E-state index in [1.807, 2.05) is 26.0 Å². The number of hydrogen-bond acceptors (Lipinski definition) is 6. The van der Waals surface area contributed by atoms with Gasteiger partial charge in [0.1, 0.15) is 6.33 Å². The molecule has 2 rings (SSSR count). The van der Waals surface area contributed by atoms with Crippen molar-refractivity contribution in [3.05, 3.63) is 33.5 Å². The molecule has 0 spiro atoms. The second kappa shape index (κ2) is 5.75. The molecule has 7 heteroatoms. The van der Waals surface area contributed by atoms with Crippen LogP contribution in [0.1, 0.15) is 18.2 Å². The number of aromatic nitrogens is 2. The molecule has 19 heavy (non-hydrogen) atoms. The first-order chi connectivity index (χ1) is 9.13. The fraction of sp³-hybridized carbons (Fsp3) is 0.333. The first-order valence-electron chi connectivity index (χ1n) is 5.93. The molecule has 0 amide bonds. The molecule has 0 bridgehead atoms. The summed E-state index contributed by atoms with van der Waals surface area (Å²) in [5.41, 5.74) is 0.314. The van der Waals surface area contributed by atoms with E-state index in [0.717, 1.165) is 16.2 Å². The molecule has 0 unspecified atom stereocenters.